The Morgan fingerprint density at radius 1 is 1.03 bits per heavy atom. The SMILES string of the molecule is Nc1n[nH]c2cc(-c3ccc(NS(=O)(=O)c4cc(Cl)c(F)cc4F)cc3)nc(C(F)(F)F)c12. The van der Waals surface area contributed by atoms with E-state index in [-0.39, 0.29) is 33.7 Å². The van der Waals surface area contributed by atoms with Crippen LogP contribution in [0.3, 0.4) is 0 Å². The smallest absolute Gasteiger partial charge is 0.382 e. The number of sulfonamides is 1. The third-order valence-corrected chi connectivity index (χ3v) is 6.22. The Morgan fingerprint density at radius 2 is 1.70 bits per heavy atom. The lowest BCUT2D eigenvalue weighted by Crippen LogP contribution is -2.15. The summed E-state index contributed by atoms with van der Waals surface area (Å²) < 4.78 is 94.6. The van der Waals surface area contributed by atoms with Gasteiger partial charge in [0, 0.05) is 17.3 Å². The first-order chi connectivity index (χ1) is 15.4. The number of H-pyrrole nitrogens is 1. The largest absolute Gasteiger partial charge is 0.434 e. The van der Waals surface area contributed by atoms with Crippen LogP contribution in [-0.2, 0) is 16.2 Å². The minimum atomic E-state index is -4.80. The lowest BCUT2D eigenvalue weighted by atomic mass is 10.1. The van der Waals surface area contributed by atoms with Gasteiger partial charge in [-0.25, -0.2) is 22.2 Å². The average Bonchev–Trinajstić information content (AvgIpc) is 3.10. The zero-order valence-corrected chi connectivity index (χ0v) is 17.6. The number of benzene rings is 2. The molecule has 4 rings (SSSR count). The zero-order valence-electron chi connectivity index (χ0n) is 16.0. The van der Waals surface area contributed by atoms with Crippen molar-refractivity contribution < 1.29 is 30.4 Å². The number of alkyl halides is 3. The number of nitrogens with zero attached hydrogens (tertiary/aromatic N) is 2. The lowest BCUT2D eigenvalue weighted by Gasteiger charge is -2.12. The van der Waals surface area contributed by atoms with Crippen LogP contribution in [0.25, 0.3) is 22.2 Å². The quantitative estimate of drug-likeness (QED) is 0.269. The van der Waals surface area contributed by atoms with Gasteiger partial charge in [0.25, 0.3) is 10.0 Å². The van der Waals surface area contributed by atoms with E-state index >= 15 is 0 Å². The molecule has 14 heteroatoms. The summed E-state index contributed by atoms with van der Waals surface area (Å²) in [4.78, 5) is 2.78. The first kappa shape index (κ1) is 22.7. The van der Waals surface area contributed by atoms with Crippen LogP contribution < -0.4 is 10.5 Å². The molecule has 0 radical (unpaired) electrons. The molecule has 0 fully saturated rings. The summed E-state index contributed by atoms with van der Waals surface area (Å²) in [6.45, 7) is 0. The lowest BCUT2D eigenvalue weighted by molar-refractivity contribution is -0.139. The summed E-state index contributed by atoms with van der Waals surface area (Å²) >= 11 is 5.54. The Labute approximate surface area is 187 Å². The van der Waals surface area contributed by atoms with Crippen molar-refractivity contribution >= 4 is 44.0 Å². The molecule has 0 atom stereocenters. The Hall–Kier alpha value is -3.45. The predicted octanol–water partition coefficient (Wildman–Crippen LogP) is 4.96. The Bertz CT molecular complexity index is 1490. The summed E-state index contributed by atoms with van der Waals surface area (Å²) in [5, 5.41) is 5.03. The fraction of sp³-hybridized carbons (Fsp3) is 0.0526. The number of nitrogen functional groups attached to an aromatic ring is 1. The van der Waals surface area contributed by atoms with Gasteiger partial charge in [-0.1, -0.05) is 23.7 Å². The van der Waals surface area contributed by atoms with Crippen molar-refractivity contribution in [2.24, 2.45) is 0 Å². The number of aromatic amines is 1. The molecule has 0 aliphatic carbocycles. The number of hydrogen-bond donors (Lipinski definition) is 3. The van der Waals surface area contributed by atoms with E-state index in [1.54, 1.807) is 0 Å². The van der Waals surface area contributed by atoms with Crippen LogP contribution in [0, 0.1) is 11.6 Å². The Kier molecular flexibility index (Phi) is 5.41. The number of rotatable bonds is 4. The first-order valence-electron chi connectivity index (χ1n) is 8.86. The van der Waals surface area contributed by atoms with E-state index in [4.69, 9.17) is 17.3 Å². The van der Waals surface area contributed by atoms with Crippen LogP contribution in [0.2, 0.25) is 5.02 Å². The van der Waals surface area contributed by atoms with Crippen molar-refractivity contribution in [3.8, 4) is 11.3 Å². The molecule has 2 heterocycles. The summed E-state index contributed by atoms with van der Waals surface area (Å²) in [5.74, 6) is -2.83. The average molecular weight is 504 g/mol. The van der Waals surface area contributed by atoms with Crippen LogP contribution >= 0.6 is 11.6 Å². The van der Waals surface area contributed by atoms with Crippen LogP contribution in [-0.4, -0.2) is 23.6 Å². The van der Waals surface area contributed by atoms with E-state index in [1.165, 1.54) is 30.3 Å². The molecule has 0 aliphatic heterocycles. The third kappa shape index (κ3) is 4.28. The molecule has 0 saturated carbocycles. The standard InChI is InChI=1S/C19H11ClF5N5O2S/c20-10-5-15(12(22)6-11(10)21)33(31,32)30-9-3-1-8(2-4-9)13-7-14-16(18(26)29-28-14)17(27-13)19(23,24)25/h1-7,30H,(H3,26,28,29). The predicted molar refractivity (Wildman–Crippen MR) is 111 cm³/mol. The van der Waals surface area contributed by atoms with Gasteiger partial charge in [0.1, 0.15) is 16.5 Å². The number of anilines is 2. The van der Waals surface area contributed by atoms with Gasteiger partial charge < -0.3 is 5.73 Å². The molecule has 2 aromatic carbocycles. The van der Waals surface area contributed by atoms with Crippen molar-refractivity contribution in [3.05, 3.63) is 64.8 Å². The van der Waals surface area contributed by atoms with E-state index in [1.807, 2.05) is 0 Å². The van der Waals surface area contributed by atoms with Gasteiger partial charge >= 0.3 is 6.18 Å². The first-order valence-corrected chi connectivity index (χ1v) is 10.7. The van der Waals surface area contributed by atoms with Crippen LogP contribution in [0.1, 0.15) is 5.69 Å². The minimum absolute atomic E-state index is 0.0123. The van der Waals surface area contributed by atoms with Gasteiger partial charge in [-0.15, -0.1) is 0 Å². The number of nitrogens with one attached hydrogen (secondary N) is 2. The second kappa shape index (κ2) is 7.85. The van der Waals surface area contributed by atoms with Gasteiger partial charge in [0.05, 0.1) is 21.6 Å². The molecular weight excluding hydrogens is 493 g/mol. The van der Waals surface area contributed by atoms with E-state index in [2.05, 4.69) is 19.9 Å². The van der Waals surface area contributed by atoms with Gasteiger partial charge in [0.15, 0.2) is 11.5 Å². The monoisotopic (exact) mass is 503 g/mol. The minimum Gasteiger partial charge on any atom is -0.382 e. The molecule has 0 spiro atoms. The number of halogens is 6. The summed E-state index contributed by atoms with van der Waals surface area (Å²) in [6.07, 6.45) is -4.80. The van der Waals surface area contributed by atoms with Crippen molar-refractivity contribution in [1.29, 1.82) is 0 Å². The van der Waals surface area contributed by atoms with E-state index in [9.17, 15) is 30.4 Å². The van der Waals surface area contributed by atoms with Crippen molar-refractivity contribution in [2.45, 2.75) is 11.1 Å². The molecular formula is C19H11ClF5N5O2S. The fourth-order valence-corrected chi connectivity index (χ4v) is 4.42. The maximum atomic E-state index is 13.9. The number of aromatic nitrogens is 3. The van der Waals surface area contributed by atoms with E-state index in [0.29, 0.717) is 12.1 Å². The fourth-order valence-electron chi connectivity index (χ4n) is 3.05. The normalized spacial score (nSPS) is 12.3. The molecule has 172 valence electrons. The third-order valence-electron chi connectivity index (χ3n) is 4.54. The van der Waals surface area contributed by atoms with Crippen molar-refractivity contribution in [2.75, 3.05) is 10.5 Å². The van der Waals surface area contributed by atoms with Crippen LogP contribution in [0.4, 0.5) is 33.5 Å². The van der Waals surface area contributed by atoms with Gasteiger partial charge in [-0.05, 0) is 24.3 Å². The molecule has 4 aromatic rings. The number of hydrogen-bond acceptors (Lipinski definition) is 5. The van der Waals surface area contributed by atoms with E-state index in [0.717, 1.165) is 0 Å². The molecule has 0 bridgehead atoms. The summed E-state index contributed by atoms with van der Waals surface area (Å²) in [7, 11) is -4.48. The highest BCUT2D eigenvalue weighted by atomic mass is 35.5. The highest BCUT2D eigenvalue weighted by Gasteiger charge is 2.37. The number of nitrogens with two attached hydrogens (primary N) is 1. The highest BCUT2D eigenvalue weighted by Crippen LogP contribution is 2.37. The van der Waals surface area contributed by atoms with Crippen molar-refractivity contribution in [1.82, 2.24) is 15.2 Å². The summed E-state index contributed by atoms with van der Waals surface area (Å²) in [6, 6.07) is 7.34. The maximum Gasteiger partial charge on any atom is 0.434 e. The Balaban J connectivity index is 1.68. The number of pyridine rings is 1. The summed E-state index contributed by atoms with van der Waals surface area (Å²) in [5.41, 5.74) is 4.40. The number of fused-ring (bicyclic) bond motifs is 1. The van der Waals surface area contributed by atoms with Crippen LogP contribution in [0.5, 0.6) is 0 Å². The molecule has 7 nitrogen and oxygen atoms in total. The second-order valence-corrected chi connectivity index (χ2v) is 8.82. The molecule has 0 saturated heterocycles. The topological polar surface area (TPSA) is 114 Å². The van der Waals surface area contributed by atoms with Gasteiger partial charge in [-0.3, -0.25) is 9.82 Å². The molecule has 0 unspecified atom stereocenters. The molecule has 0 amide bonds. The molecule has 2 aromatic heterocycles. The highest BCUT2D eigenvalue weighted by molar-refractivity contribution is 7.92. The zero-order chi connectivity index (χ0) is 24.1. The Morgan fingerprint density at radius 3 is 2.33 bits per heavy atom. The second-order valence-electron chi connectivity index (χ2n) is 6.76. The molecule has 4 N–H and O–H groups in total. The van der Waals surface area contributed by atoms with E-state index < -0.39 is 43.4 Å². The van der Waals surface area contributed by atoms with Crippen LogP contribution in [0.15, 0.2) is 47.4 Å². The molecule has 0 aliphatic rings. The van der Waals surface area contributed by atoms with Gasteiger partial charge in [0.2, 0.25) is 0 Å². The van der Waals surface area contributed by atoms with Gasteiger partial charge in [-0.2, -0.15) is 18.3 Å². The molecule has 33 heavy (non-hydrogen) atoms. The maximum absolute atomic E-state index is 13.9. The van der Waals surface area contributed by atoms with Crippen molar-refractivity contribution in [3.63, 3.8) is 0 Å².